The summed E-state index contributed by atoms with van der Waals surface area (Å²) in [6, 6.07) is 9.36. The molecule has 0 atom stereocenters. The summed E-state index contributed by atoms with van der Waals surface area (Å²) in [6.07, 6.45) is 0. The molecule has 2 amide bonds. The Bertz CT molecular complexity index is 655. The number of hydrogen-bond donors (Lipinski definition) is 1. The number of amides is 2. The van der Waals surface area contributed by atoms with Gasteiger partial charge in [0.25, 0.3) is 5.91 Å². The van der Waals surface area contributed by atoms with E-state index in [-0.39, 0.29) is 18.3 Å². The van der Waals surface area contributed by atoms with Gasteiger partial charge < -0.3 is 10.6 Å². The molecule has 19 heavy (non-hydrogen) atoms. The van der Waals surface area contributed by atoms with E-state index >= 15 is 0 Å². The molecule has 0 saturated heterocycles. The lowest BCUT2D eigenvalue weighted by Gasteiger charge is -2.16. The molecule has 2 N–H and O–H groups in total. The fourth-order valence-corrected chi connectivity index (χ4v) is 1.96. The van der Waals surface area contributed by atoms with E-state index in [1.165, 1.54) is 24.1 Å². The maximum absolute atomic E-state index is 13.6. The number of benzene rings is 2. The second-order valence-electron chi connectivity index (χ2n) is 4.27. The monoisotopic (exact) mass is 260 g/mol. The Hall–Kier alpha value is -2.43. The van der Waals surface area contributed by atoms with Gasteiger partial charge in [0.05, 0.1) is 6.54 Å². The Morgan fingerprint density at radius 2 is 1.79 bits per heavy atom. The molecular formula is C14H13FN2O2. The molecule has 5 heteroatoms. The van der Waals surface area contributed by atoms with Gasteiger partial charge in [-0.2, -0.15) is 0 Å². The summed E-state index contributed by atoms with van der Waals surface area (Å²) < 4.78 is 13.6. The zero-order chi connectivity index (χ0) is 14.0. The zero-order valence-electron chi connectivity index (χ0n) is 10.4. The Labute approximate surface area is 109 Å². The van der Waals surface area contributed by atoms with Crippen molar-refractivity contribution < 1.29 is 14.0 Å². The minimum absolute atomic E-state index is 0.176. The van der Waals surface area contributed by atoms with Crippen molar-refractivity contribution in [1.82, 2.24) is 4.90 Å². The second kappa shape index (κ2) is 5.06. The maximum atomic E-state index is 13.6. The topological polar surface area (TPSA) is 63.4 Å². The first-order valence-electron chi connectivity index (χ1n) is 5.71. The van der Waals surface area contributed by atoms with Crippen molar-refractivity contribution in [2.45, 2.75) is 0 Å². The molecule has 0 radical (unpaired) electrons. The molecule has 0 fully saturated rings. The van der Waals surface area contributed by atoms with Crippen LogP contribution in [0, 0.1) is 5.82 Å². The van der Waals surface area contributed by atoms with Crippen molar-refractivity contribution in [3.05, 3.63) is 47.8 Å². The summed E-state index contributed by atoms with van der Waals surface area (Å²) in [5.74, 6) is -1.35. The van der Waals surface area contributed by atoms with Crippen molar-refractivity contribution in [3.63, 3.8) is 0 Å². The van der Waals surface area contributed by atoms with E-state index in [1.807, 2.05) is 0 Å². The van der Waals surface area contributed by atoms with Crippen molar-refractivity contribution in [3.8, 4) is 0 Å². The van der Waals surface area contributed by atoms with E-state index in [9.17, 15) is 14.0 Å². The highest BCUT2D eigenvalue weighted by Gasteiger charge is 2.17. The molecule has 0 bridgehead atoms. The van der Waals surface area contributed by atoms with Gasteiger partial charge >= 0.3 is 0 Å². The Balaban J connectivity index is 2.48. The fraction of sp³-hybridized carbons (Fsp3) is 0.143. The third-order valence-corrected chi connectivity index (χ3v) is 2.84. The SMILES string of the molecule is CN(CC(N)=O)C(=O)c1ccc(F)c2ccccc12. The van der Waals surface area contributed by atoms with Gasteiger partial charge in [0, 0.05) is 18.0 Å². The van der Waals surface area contributed by atoms with Crippen molar-refractivity contribution in [2.24, 2.45) is 5.73 Å². The first-order valence-corrected chi connectivity index (χ1v) is 5.71. The van der Waals surface area contributed by atoms with E-state index in [1.54, 1.807) is 24.3 Å². The van der Waals surface area contributed by atoms with Gasteiger partial charge in [-0.25, -0.2) is 4.39 Å². The molecular weight excluding hydrogens is 247 g/mol. The number of primary amides is 1. The van der Waals surface area contributed by atoms with Crippen LogP contribution in [0.15, 0.2) is 36.4 Å². The number of nitrogens with two attached hydrogens (primary N) is 1. The largest absolute Gasteiger partial charge is 0.368 e. The van der Waals surface area contributed by atoms with Gasteiger partial charge in [-0.3, -0.25) is 9.59 Å². The number of fused-ring (bicyclic) bond motifs is 1. The summed E-state index contributed by atoms with van der Waals surface area (Å²) in [5.41, 5.74) is 5.40. The third-order valence-electron chi connectivity index (χ3n) is 2.84. The number of hydrogen-bond acceptors (Lipinski definition) is 2. The summed E-state index contributed by atoms with van der Waals surface area (Å²) in [4.78, 5) is 24.2. The molecule has 2 aromatic carbocycles. The van der Waals surface area contributed by atoms with Crippen LogP contribution >= 0.6 is 0 Å². The second-order valence-corrected chi connectivity index (χ2v) is 4.27. The van der Waals surface area contributed by atoms with Crippen molar-refractivity contribution >= 4 is 22.6 Å². The van der Waals surface area contributed by atoms with E-state index in [2.05, 4.69) is 0 Å². The van der Waals surface area contributed by atoms with E-state index in [0.29, 0.717) is 16.3 Å². The molecule has 0 aliphatic heterocycles. The summed E-state index contributed by atoms with van der Waals surface area (Å²) in [5, 5.41) is 0.893. The van der Waals surface area contributed by atoms with Gasteiger partial charge in [0.1, 0.15) is 5.82 Å². The number of nitrogens with zero attached hydrogens (tertiary/aromatic N) is 1. The van der Waals surface area contributed by atoms with E-state index in [0.717, 1.165) is 0 Å². The number of halogens is 1. The van der Waals surface area contributed by atoms with Gasteiger partial charge in [0.15, 0.2) is 0 Å². The Kier molecular flexibility index (Phi) is 3.46. The smallest absolute Gasteiger partial charge is 0.254 e. The predicted molar refractivity (Wildman–Crippen MR) is 70.1 cm³/mol. The molecule has 2 rings (SSSR count). The molecule has 0 heterocycles. The fourth-order valence-electron chi connectivity index (χ4n) is 1.96. The van der Waals surface area contributed by atoms with Gasteiger partial charge in [-0.1, -0.05) is 24.3 Å². The average Bonchev–Trinajstić information content (AvgIpc) is 2.38. The molecule has 0 spiro atoms. The molecule has 0 saturated carbocycles. The quantitative estimate of drug-likeness (QED) is 0.909. The van der Waals surface area contributed by atoms with Gasteiger partial charge in [0.2, 0.25) is 5.91 Å². The molecule has 0 aromatic heterocycles. The standard InChI is InChI=1S/C14H13FN2O2/c1-17(8-13(16)18)14(19)11-6-7-12(15)10-5-3-2-4-9(10)11/h2-7H,8H2,1H3,(H2,16,18). The maximum Gasteiger partial charge on any atom is 0.254 e. The highest BCUT2D eigenvalue weighted by molar-refractivity contribution is 6.07. The molecule has 98 valence electrons. The van der Waals surface area contributed by atoms with Gasteiger partial charge in [-0.15, -0.1) is 0 Å². The van der Waals surface area contributed by atoms with E-state index in [4.69, 9.17) is 5.73 Å². The predicted octanol–water partition coefficient (Wildman–Crippen LogP) is 1.54. The van der Waals surface area contributed by atoms with Crippen LogP contribution in [0.1, 0.15) is 10.4 Å². The van der Waals surface area contributed by atoms with Crippen LogP contribution in [-0.4, -0.2) is 30.3 Å². The van der Waals surface area contributed by atoms with Crippen LogP contribution in [0.25, 0.3) is 10.8 Å². The highest BCUT2D eigenvalue weighted by Crippen LogP contribution is 2.22. The normalized spacial score (nSPS) is 10.4. The highest BCUT2D eigenvalue weighted by atomic mass is 19.1. The summed E-state index contributed by atoms with van der Waals surface area (Å²) >= 11 is 0. The van der Waals surface area contributed by atoms with Crippen molar-refractivity contribution in [2.75, 3.05) is 13.6 Å². The molecule has 0 aliphatic carbocycles. The van der Waals surface area contributed by atoms with Crippen LogP contribution in [0.2, 0.25) is 0 Å². The summed E-state index contributed by atoms with van der Waals surface area (Å²) in [6.45, 7) is -0.176. The molecule has 0 unspecified atom stereocenters. The van der Waals surface area contributed by atoms with Crippen LogP contribution in [0.4, 0.5) is 4.39 Å². The van der Waals surface area contributed by atoms with Gasteiger partial charge in [-0.05, 0) is 17.5 Å². The lowest BCUT2D eigenvalue weighted by Crippen LogP contribution is -2.35. The van der Waals surface area contributed by atoms with E-state index < -0.39 is 5.91 Å². The number of likely N-dealkylation sites (N-methyl/N-ethyl adjacent to an activating group) is 1. The zero-order valence-corrected chi connectivity index (χ0v) is 10.4. The number of rotatable bonds is 3. The number of carbonyl (C=O) groups is 2. The minimum atomic E-state index is -0.595. The first-order chi connectivity index (χ1) is 9.00. The van der Waals surface area contributed by atoms with Crippen LogP contribution in [-0.2, 0) is 4.79 Å². The number of carbonyl (C=O) groups excluding carboxylic acids is 2. The van der Waals surface area contributed by atoms with Crippen LogP contribution < -0.4 is 5.73 Å². The third kappa shape index (κ3) is 2.54. The molecule has 4 nitrogen and oxygen atoms in total. The first kappa shape index (κ1) is 13.0. The van der Waals surface area contributed by atoms with Crippen LogP contribution in [0.5, 0.6) is 0 Å². The Morgan fingerprint density at radius 3 is 2.42 bits per heavy atom. The minimum Gasteiger partial charge on any atom is -0.368 e. The van der Waals surface area contributed by atoms with Crippen molar-refractivity contribution in [1.29, 1.82) is 0 Å². The van der Waals surface area contributed by atoms with Crippen LogP contribution in [0.3, 0.4) is 0 Å². The average molecular weight is 260 g/mol. The lowest BCUT2D eigenvalue weighted by molar-refractivity contribution is -0.118. The summed E-state index contributed by atoms with van der Waals surface area (Å²) in [7, 11) is 1.48. The molecule has 2 aromatic rings. The Morgan fingerprint density at radius 1 is 1.16 bits per heavy atom. The lowest BCUT2D eigenvalue weighted by atomic mass is 10.0. The molecule has 0 aliphatic rings.